The SMILES string of the molecule is O=C1C(=O)N(c2ncccn2)[C@@H](c2ccccc2F)C1=C(O)c1ccccc1. The number of aliphatic hydroxyl groups excluding tert-OH is 1. The van der Waals surface area contributed by atoms with Gasteiger partial charge in [0.25, 0.3) is 5.78 Å². The molecule has 138 valence electrons. The Morgan fingerprint density at radius 1 is 0.929 bits per heavy atom. The van der Waals surface area contributed by atoms with Gasteiger partial charge >= 0.3 is 5.91 Å². The van der Waals surface area contributed by atoms with Gasteiger partial charge in [0.1, 0.15) is 17.6 Å². The van der Waals surface area contributed by atoms with Crippen molar-refractivity contribution in [2.24, 2.45) is 0 Å². The van der Waals surface area contributed by atoms with Crippen molar-refractivity contribution in [1.82, 2.24) is 9.97 Å². The summed E-state index contributed by atoms with van der Waals surface area (Å²) in [5.74, 6) is -2.91. The molecule has 1 N–H and O–H groups in total. The Morgan fingerprint density at radius 3 is 2.25 bits per heavy atom. The number of ketones is 1. The van der Waals surface area contributed by atoms with Gasteiger partial charge in [-0.15, -0.1) is 0 Å². The molecule has 1 atom stereocenters. The lowest BCUT2D eigenvalue weighted by Crippen LogP contribution is -2.31. The van der Waals surface area contributed by atoms with Crippen LogP contribution in [0.3, 0.4) is 0 Å². The average Bonchev–Trinajstić information content (AvgIpc) is 3.00. The second kappa shape index (κ2) is 7.03. The largest absolute Gasteiger partial charge is 0.507 e. The molecule has 0 aliphatic carbocycles. The van der Waals surface area contributed by atoms with Crippen LogP contribution in [0.2, 0.25) is 0 Å². The number of carbonyl (C=O) groups is 2. The number of benzene rings is 2. The van der Waals surface area contributed by atoms with E-state index in [-0.39, 0.29) is 22.8 Å². The molecule has 7 heteroatoms. The molecule has 1 aromatic heterocycles. The van der Waals surface area contributed by atoms with Crippen LogP contribution in [0.5, 0.6) is 0 Å². The molecule has 0 bridgehead atoms. The standard InChI is InChI=1S/C21H14FN3O3/c22-15-10-5-4-9-14(15)17-16(18(26)13-7-2-1-3-8-13)19(27)20(28)25(17)21-23-11-6-12-24-21/h1-12,17,26H/t17-/m0/s1. The zero-order valence-corrected chi connectivity index (χ0v) is 14.5. The molecule has 0 unspecified atom stereocenters. The minimum absolute atomic E-state index is 0.0510. The smallest absolute Gasteiger partial charge is 0.302 e. The summed E-state index contributed by atoms with van der Waals surface area (Å²) in [5.41, 5.74) is 0.191. The normalized spacial score (nSPS) is 18.5. The maximum absolute atomic E-state index is 14.6. The molecule has 3 aromatic rings. The topological polar surface area (TPSA) is 83.4 Å². The third-order valence-electron chi connectivity index (χ3n) is 4.46. The van der Waals surface area contributed by atoms with Crippen molar-refractivity contribution >= 4 is 23.4 Å². The van der Waals surface area contributed by atoms with Crippen molar-refractivity contribution in [2.75, 3.05) is 4.90 Å². The lowest BCUT2D eigenvalue weighted by molar-refractivity contribution is -0.132. The highest BCUT2D eigenvalue weighted by molar-refractivity contribution is 6.51. The molecule has 0 radical (unpaired) electrons. The molecule has 6 nitrogen and oxygen atoms in total. The number of hydrogen-bond acceptors (Lipinski definition) is 5. The molecule has 1 amide bonds. The summed E-state index contributed by atoms with van der Waals surface area (Å²) in [6.45, 7) is 0. The molecule has 2 heterocycles. The minimum Gasteiger partial charge on any atom is -0.507 e. The van der Waals surface area contributed by atoms with Crippen molar-refractivity contribution < 1.29 is 19.1 Å². The number of aliphatic hydroxyl groups is 1. The van der Waals surface area contributed by atoms with Crippen molar-refractivity contribution in [3.05, 3.63) is 95.6 Å². The summed E-state index contributed by atoms with van der Waals surface area (Å²) in [6.07, 6.45) is 2.83. The second-order valence-electron chi connectivity index (χ2n) is 6.11. The van der Waals surface area contributed by atoms with E-state index in [0.717, 1.165) is 4.90 Å². The molecule has 0 spiro atoms. The fraction of sp³-hybridized carbons (Fsp3) is 0.0476. The summed E-state index contributed by atoms with van der Waals surface area (Å²) in [4.78, 5) is 34.7. The quantitative estimate of drug-likeness (QED) is 0.432. The van der Waals surface area contributed by atoms with Crippen LogP contribution in [0.15, 0.2) is 78.6 Å². The van der Waals surface area contributed by atoms with Gasteiger partial charge in [-0.2, -0.15) is 0 Å². The van der Waals surface area contributed by atoms with E-state index in [1.165, 1.54) is 30.6 Å². The zero-order chi connectivity index (χ0) is 19.7. The number of carbonyl (C=O) groups excluding carboxylic acids is 2. The third kappa shape index (κ3) is 2.83. The Hall–Kier alpha value is -3.87. The highest BCUT2D eigenvalue weighted by Gasteiger charge is 2.48. The molecule has 28 heavy (non-hydrogen) atoms. The summed E-state index contributed by atoms with van der Waals surface area (Å²) in [6, 6.07) is 14.5. The third-order valence-corrected chi connectivity index (χ3v) is 4.46. The molecule has 1 aliphatic heterocycles. The van der Waals surface area contributed by atoms with Crippen LogP contribution in [0.25, 0.3) is 5.76 Å². The fourth-order valence-corrected chi connectivity index (χ4v) is 3.20. The van der Waals surface area contributed by atoms with Crippen LogP contribution in [0.4, 0.5) is 10.3 Å². The van der Waals surface area contributed by atoms with Crippen molar-refractivity contribution in [3.8, 4) is 0 Å². The van der Waals surface area contributed by atoms with Gasteiger partial charge in [-0.1, -0.05) is 48.5 Å². The molecule has 0 saturated carbocycles. The number of rotatable bonds is 3. The monoisotopic (exact) mass is 375 g/mol. The van der Waals surface area contributed by atoms with Gasteiger partial charge < -0.3 is 5.11 Å². The van der Waals surface area contributed by atoms with E-state index in [2.05, 4.69) is 9.97 Å². The maximum Gasteiger partial charge on any atom is 0.302 e. The van der Waals surface area contributed by atoms with Crippen LogP contribution in [-0.4, -0.2) is 26.8 Å². The van der Waals surface area contributed by atoms with E-state index < -0.39 is 23.5 Å². The van der Waals surface area contributed by atoms with Gasteiger partial charge in [0.05, 0.1) is 5.57 Å². The van der Waals surface area contributed by atoms with E-state index in [4.69, 9.17) is 0 Å². The summed E-state index contributed by atoms with van der Waals surface area (Å²) in [7, 11) is 0. The van der Waals surface area contributed by atoms with Gasteiger partial charge in [-0.05, 0) is 12.1 Å². The first kappa shape index (κ1) is 17.5. The van der Waals surface area contributed by atoms with Crippen LogP contribution in [0.1, 0.15) is 17.2 Å². The van der Waals surface area contributed by atoms with Gasteiger partial charge in [-0.25, -0.2) is 14.4 Å². The average molecular weight is 375 g/mol. The number of halogens is 1. The number of Topliss-reactive ketones (excluding diaryl/α,β-unsaturated/α-hetero) is 1. The first-order chi connectivity index (χ1) is 13.6. The Balaban J connectivity index is 1.98. The predicted octanol–water partition coefficient (Wildman–Crippen LogP) is 3.24. The van der Waals surface area contributed by atoms with E-state index in [1.54, 1.807) is 42.5 Å². The molecule has 1 aliphatic rings. The number of amides is 1. The van der Waals surface area contributed by atoms with Crippen molar-refractivity contribution in [1.29, 1.82) is 0 Å². The Labute approximate surface area is 159 Å². The van der Waals surface area contributed by atoms with Crippen LogP contribution >= 0.6 is 0 Å². The molecule has 1 fully saturated rings. The van der Waals surface area contributed by atoms with Crippen LogP contribution in [0, 0.1) is 5.82 Å². The lowest BCUT2D eigenvalue weighted by Gasteiger charge is -2.23. The Morgan fingerprint density at radius 2 is 1.57 bits per heavy atom. The molecular formula is C21H14FN3O3. The number of aromatic nitrogens is 2. The van der Waals surface area contributed by atoms with E-state index in [1.807, 2.05) is 0 Å². The number of hydrogen-bond donors (Lipinski definition) is 1. The Bertz CT molecular complexity index is 1080. The van der Waals surface area contributed by atoms with Gasteiger partial charge in [0.2, 0.25) is 5.95 Å². The number of anilines is 1. The first-order valence-corrected chi connectivity index (χ1v) is 8.47. The van der Waals surface area contributed by atoms with E-state index >= 15 is 0 Å². The predicted molar refractivity (Wildman–Crippen MR) is 99.7 cm³/mol. The van der Waals surface area contributed by atoms with E-state index in [9.17, 15) is 19.1 Å². The van der Waals surface area contributed by atoms with Crippen molar-refractivity contribution in [3.63, 3.8) is 0 Å². The summed E-state index contributed by atoms with van der Waals surface area (Å²) >= 11 is 0. The maximum atomic E-state index is 14.6. The summed E-state index contributed by atoms with van der Waals surface area (Å²) < 4.78 is 14.6. The van der Waals surface area contributed by atoms with Crippen molar-refractivity contribution in [2.45, 2.75) is 6.04 Å². The summed E-state index contributed by atoms with van der Waals surface area (Å²) in [5, 5.41) is 10.8. The minimum atomic E-state index is -1.19. The fourth-order valence-electron chi connectivity index (χ4n) is 3.20. The highest BCUT2D eigenvalue weighted by atomic mass is 19.1. The van der Waals surface area contributed by atoms with E-state index in [0.29, 0.717) is 5.56 Å². The second-order valence-corrected chi connectivity index (χ2v) is 6.11. The van der Waals surface area contributed by atoms with Crippen LogP contribution in [-0.2, 0) is 9.59 Å². The molecule has 2 aromatic carbocycles. The molecular weight excluding hydrogens is 361 g/mol. The highest BCUT2D eigenvalue weighted by Crippen LogP contribution is 2.41. The van der Waals surface area contributed by atoms with Gasteiger partial charge in [-0.3, -0.25) is 14.5 Å². The molecule has 1 saturated heterocycles. The van der Waals surface area contributed by atoms with Gasteiger partial charge in [0.15, 0.2) is 0 Å². The zero-order valence-electron chi connectivity index (χ0n) is 14.5. The number of nitrogens with zero attached hydrogens (tertiary/aromatic N) is 3. The Kier molecular flexibility index (Phi) is 4.41. The molecule has 4 rings (SSSR count). The van der Waals surface area contributed by atoms with Crippen LogP contribution < -0.4 is 4.90 Å². The van der Waals surface area contributed by atoms with Gasteiger partial charge in [0, 0.05) is 23.5 Å². The lowest BCUT2D eigenvalue weighted by atomic mass is 9.95. The first-order valence-electron chi connectivity index (χ1n) is 8.47.